The van der Waals surface area contributed by atoms with E-state index in [4.69, 9.17) is 23.2 Å². The van der Waals surface area contributed by atoms with Crippen LogP contribution in [0.2, 0.25) is 10.0 Å². The Hall–Kier alpha value is -0.770. The Morgan fingerprint density at radius 2 is 1.66 bits per heavy atom. The number of hydrogen-bond donors (Lipinski definition) is 1. The highest BCUT2D eigenvalue weighted by molar-refractivity contribution is 6.36. The van der Waals surface area contributed by atoms with E-state index in [1.165, 1.54) is 11.1 Å². The number of aryl methyl sites for hydroxylation is 1. The van der Waals surface area contributed by atoms with Gasteiger partial charge in [0.25, 0.3) is 0 Å². The first-order valence-corrected chi connectivity index (χ1v) is 11.2. The lowest BCUT2D eigenvalue weighted by molar-refractivity contribution is 0.117. The van der Waals surface area contributed by atoms with Crippen molar-refractivity contribution in [2.24, 2.45) is 5.92 Å². The number of benzene rings is 2. The second kappa shape index (κ2) is 10.0. The Kier molecular flexibility index (Phi) is 7.92. The number of likely N-dealkylation sites (tertiary alicyclic amines) is 1. The Bertz CT molecular complexity index is 813. The van der Waals surface area contributed by atoms with E-state index in [-0.39, 0.29) is 18.5 Å². The SMILES string of the molecule is Cc1cccc2c1CC[C@@H](CN1CCC(c3c(Cl)cccc3Cl)CC1)C[C@H]2O.Cl. The molecule has 2 aromatic rings. The number of halogens is 3. The monoisotopic (exact) mass is 453 g/mol. The molecular weight excluding hydrogens is 425 g/mol. The standard InChI is InChI=1S/C24H29Cl2NO.ClH/c1-16-4-2-5-20-19(16)9-8-17(14-23(20)28)15-27-12-10-18(11-13-27)24-21(25)6-3-7-22(24)26;/h2-7,17-18,23,28H,8-15H2,1H3;1H/t17-,23-;/m1./s1. The van der Waals surface area contributed by atoms with E-state index < -0.39 is 0 Å². The van der Waals surface area contributed by atoms with Gasteiger partial charge in [0.2, 0.25) is 0 Å². The molecule has 0 bridgehead atoms. The molecule has 2 aliphatic rings. The normalized spacial score (nSPS) is 23.2. The van der Waals surface area contributed by atoms with Crippen LogP contribution in [-0.2, 0) is 6.42 Å². The van der Waals surface area contributed by atoms with Gasteiger partial charge in [-0.05, 0) is 98.3 Å². The van der Waals surface area contributed by atoms with Gasteiger partial charge in [0.15, 0.2) is 0 Å². The van der Waals surface area contributed by atoms with Crippen molar-refractivity contribution in [1.29, 1.82) is 0 Å². The van der Waals surface area contributed by atoms with Crippen molar-refractivity contribution >= 4 is 35.6 Å². The van der Waals surface area contributed by atoms with E-state index in [1.807, 2.05) is 18.2 Å². The third-order valence-electron chi connectivity index (χ3n) is 6.68. The molecule has 0 saturated carbocycles. The molecule has 4 rings (SSSR count). The molecule has 2 atom stereocenters. The van der Waals surface area contributed by atoms with Crippen LogP contribution < -0.4 is 0 Å². The average molecular weight is 455 g/mol. The number of nitrogens with zero attached hydrogens (tertiary/aromatic N) is 1. The first-order valence-electron chi connectivity index (χ1n) is 10.5. The molecule has 1 fully saturated rings. The summed E-state index contributed by atoms with van der Waals surface area (Å²) in [6.45, 7) is 5.39. The first kappa shape index (κ1) is 22.9. The molecule has 1 aliphatic heterocycles. The van der Waals surface area contributed by atoms with Gasteiger partial charge in [0, 0.05) is 16.6 Å². The van der Waals surface area contributed by atoms with Crippen LogP contribution >= 0.6 is 35.6 Å². The minimum absolute atomic E-state index is 0. The van der Waals surface area contributed by atoms with Crippen molar-refractivity contribution in [2.45, 2.75) is 51.0 Å². The van der Waals surface area contributed by atoms with Gasteiger partial charge in [0.1, 0.15) is 0 Å². The van der Waals surface area contributed by atoms with Crippen molar-refractivity contribution in [2.75, 3.05) is 19.6 Å². The summed E-state index contributed by atoms with van der Waals surface area (Å²) in [5.74, 6) is 0.992. The summed E-state index contributed by atoms with van der Waals surface area (Å²) in [7, 11) is 0. The maximum Gasteiger partial charge on any atom is 0.0795 e. The fourth-order valence-corrected chi connectivity index (χ4v) is 5.83. The molecule has 0 radical (unpaired) electrons. The number of rotatable bonds is 3. The van der Waals surface area contributed by atoms with Crippen molar-refractivity contribution in [1.82, 2.24) is 4.90 Å². The number of fused-ring (bicyclic) bond motifs is 1. The second-order valence-electron chi connectivity index (χ2n) is 8.51. The molecule has 0 aromatic heterocycles. The zero-order valence-corrected chi connectivity index (χ0v) is 19.2. The Morgan fingerprint density at radius 3 is 2.34 bits per heavy atom. The quantitative estimate of drug-likeness (QED) is 0.529. The first-order chi connectivity index (χ1) is 13.5. The molecule has 0 spiro atoms. The lowest BCUT2D eigenvalue weighted by Gasteiger charge is -2.35. The molecule has 1 saturated heterocycles. The Balaban J connectivity index is 0.00000240. The highest BCUT2D eigenvalue weighted by Gasteiger charge is 2.28. The molecule has 1 N–H and O–H groups in total. The summed E-state index contributed by atoms with van der Waals surface area (Å²) in [5.41, 5.74) is 4.95. The third kappa shape index (κ3) is 5.11. The Labute approximate surface area is 190 Å². The number of hydrogen-bond acceptors (Lipinski definition) is 2. The van der Waals surface area contributed by atoms with E-state index in [1.54, 1.807) is 0 Å². The van der Waals surface area contributed by atoms with Crippen LogP contribution in [0, 0.1) is 12.8 Å². The van der Waals surface area contributed by atoms with Gasteiger partial charge in [-0.25, -0.2) is 0 Å². The van der Waals surface area contributed by atoms with E-state index in [9.17, 15) is 5.11 Å². The van der Waals surface area contributed by atoms with Gasteiger partial charge in [-0.1, -0.05) is 47.5 Å². The van der Waals surface area contributed by atoms with Crippen LogP contribution in [0.15, 0.2) is 36.4 Å². The van der Waals surface area contributed by atoms with Gasteiger partial charge >= 0.3 is 0 Å². The van der Waals surface area contributed by atoms with Crippen LogP contribution in [0.4, 0.5) is 0 Å². The lowest BCUT2D eigenvalue weighted by atomic mass is 9.88. The predicted octanol–water partition coefficient (Wildman–Crippen LogP) is 6.59. The Morgan fingerprint density at radius 1 is 1.00 bits per heavy atom. The minimum Gasteiger partial charge on any atom is -0.388 e. The van der Waals surface area contributed by atoms with Crippen LogP contribution in [0.5, 0.6) is 0 Å². The van der Waals surface area contributed by atoms with Gasteiger partial charge in [-0.3, -0.25) is 0 Å². The lowest BCUT2D eigenvalue weighted by Crippen LogP contribution is -2.37. The topological polar surface area (TPSA) is 23.5 Å². The van der Waals surface area contributed by atoms with Crippen LogP contribution in [0.3, 0.4) is 0 Å². The summed E-state index contributed by atoms with van der Waals surface area (Å²) in [6.07, 6.45) is 4.96. The second-order valence-corrected chi connectivity index (χ2v) is 9.32. The zero-order valence-electron chi connectivity index (χ0n) is 16.9. The molecule has 1 heterocycles. The van der Waals surface area contributed by atoms with Crippen molar-refractivity contribution in [3.05, 3.63) is 68.7 Å². The highest BCUT2D eigenvalue weighted by atomic mass is 35.5. The van der Waals surface area contributed by atoms with E-state index in [0.29, 0.717) is 11.8 Å². The fourth-order valence-electron chi connectivity index (χ4n) is 5.12. The van der Waals surface area contributed by atoms with Crippen molar-refractivity contribution < 1.29 is 5.11 Å². The maximum atomic E-state index is 10.8. The summed E-state index contributed by atoms with van der Waals surface area (Å²) in [5, 5.41) is 12.4. The largest absolute Gasteiger partial charge is 0.388 e. The van der Waals surface area contributed by atoms with Crippen molar-refractivity contribution in [3.8, 4) is 0 Å². The summed E-state index contributed by atoms with van der Waals surface area (Å²) >= 11 is 12.8. The number of aliphatic hydroxyl groups is 1. The van der Waals surface area contributed by atoms with Gasteiger partial charge < -0.3 is 10.0 Å². The van der Waals surface area contributed by atoms with Crippen LogP contribution in [0.1, 0.15) is 60.0 Å². The minimum atomic E-state index is -0.332. The highest BCUT2D eigenvalue weighted by Crippen LogP contribution is 2.38. The number of aliphatic hydroxyl groups excluding tert-OH is 1. The summed E-state index contributed by atoms with van der Waals surface area (Å²) < 4.78 is 0. The van der Waals surface area contributed by atoms with Crippen LogP contribution in [0.25, 0.3) is 0 Å². The van der Waals surface area contributed by atoms with Gasteiger partial charge in [0.05, 0.1) is 6.10 Å². The van der Waals surface area contributed by atoms with Crippen molar-refractivity contribution in [3.63, 3.8) is 0 Å². The predicted molar refractivity (Wildman–Crippen MR) is 125 cm³/mol. The molecule has 158 valence electrons. The molecule has 2 aromatic carbocycles. The molecule has 1 aliphatic carbocycles. The zero-order chi connectivity index (χ0) is 19.7. The van der Waals surface area contributed by atoms with Crippen LogP contribution in [-0.4, -0.2) is 29.6 Å². The third-order valence-corrected chi connectivity index (χ3v) is 7.34. The summed E-state index contributed by atoms with van der Waals surface area (Å²) in [6, 6.07) is 12.1. The number of piperidine rings is 1. The average Bonchev–Trinajstić information content (AvgIpc) is 2.83. The molecular formula is C24H30Cl3NO. The van der Waals surface area contributed by atoms with E-state index in [2.05, 4.69) is 30.0 Å². The molecule has 29 heavy (non-hydrogen) atoms. The maximum absolute atomic E-state index is 10.8. The molecule has 0 unspecified atom stereocenters. The van der Waals surface area contributed by atoms with Gasteiger partial charge in [-0.15, -0.1) is 12.4 Å². The van der Waals surface area contributed by atoms with E-state index in [0.717, 1.165) is 72.9 Å². The molecule has 2 nitrogen and oxygen atoms in total. The smallest absolute Gasteiger partial charge is 0.0795 e. The summed E-state index contributed by atoms with van der Waals surface area (Å²) in [4.78, 5) is 2.57. The van der Waals surface area contributed by atoms with Gasteiger partial charge in [-0.2, -0.15) is 0 Å². The fraction of sp³-hybridized carbons (Fsp3) is 0.500. The molecule has 5 heteroatoms. The van der Waals surface area contributed by atoms with E-state index >= 15 is 0 Å². The molecule has 0 amide bonds.